The van der Waals surface area contributed by atoms with Gasteiger partial charge in [-0.1, -0.05) is 12.1 Å². The molecule has 0 aromatic heterocycles. The third-order valence-electron chi connectivity index (χ3n) is 5.68. The maximum absolute atomic E-state index is 12.2. The topological polar surface area (TPSA) is 89.1 Å². The van der Waals surface area contributed by atoms with E-state index < -0.39 is 0 Å². The van der Waals surface area contributed by atoms with Crippen molar-refractivity contribution < 1.29 is 23.8 Å². The third kappa shape index (κ3) is 8.07. The monoisotopic (exact) mass is 455 g/mol. The largest absolute Gasteiger partial charge is 0.497 e. The van der Waals surface area contributed by atoms with Crippen molar-refractivity contribution in [1.29, 1.82) is 0 Å². The van der Waals surface area contributed by atoms with Crippen molar-refractivity contribution in [2.45, 2.75) is 25.4 Å². The molecule has 0 bridgehead atoms. The zero-order valence-corrected chi connectivity index (χ0v) is 19.3. The molecule has 33 heavy (non-hydrogen) atoms. The second-order valence-electron chi connectivity index (χ2n) is 8.01. The number of ether oxygens (including phenoxy) is 3. The molecule has 1 fully saturated rings. The van der Waals surface area contributed by atoms with E-state index in [1.807, 2.05) is 24.3 Å². The van der Waals surface area contributed by atoms with Gasteiger partial charge in [-0.3, -0.25) is 14.5 Å². The average Bonchev–Trinajstić information content (AvgIpc) is 2.86. The molecular formula is C25H33N3O5. The summed E-state index contributed by atoms with van der Waals surface area (Å²) in [5.41, 5.74) is 1.40. The van der Waals surface area contributed by atoms with Crippen molar-refractivity contribution in [2.75, 3.05) is 47.1 Å². The fraction of sp³-hybridized carbons (Fsp3) is 0.440. The van der Waals surface area contributed by atoms with Gasteiger partial charge in [0.05, 0.1) is 13.7 Å². The van der Waals surface area contributed by atoms with Crippen LogP contribution in [0.25, 0.3) is 0 Å². The number of amides is 2. The number of hydrogen-bond donors (Lipinski definition) is 2. The van der Waals surface area contributed by atoms with Gasteiger partial charge in [-0.05, 0) is 61.9 Å². The third-order valence-corrected chi connectivity index (χ3v) is 5.68. The standard InChI is InChI=1S/C25H33N3O5/c1-28(21-10-13-32-14-11-21)12-15-33-23-5-3-4-19(16-23)17-26-24(29)18-27-25(30)20-6-8-22(31-2)9-7-20/h3-9,16,21H,10-15,17-18H2,1-2H3,(H,26,29)(H,27,30). The molecule has 0 aliphatic carbocycles. The highest BCUT2D eigenvalue weighted by Crippen LogP contribution is 2.15. The van der Waals surface area contributed by atoms with Crippen LogP contribution in [0.15, 0.2) is 48.5 Å². The van der Waals surface area contributed by atoms with Crippen LogP contribution in [0.1, 0.15) is 28.8 Å². The number of carbonyl (C=O) groups is 2. The van der Waals surface area contributed by atoms with Crippen LogP contribution >= 0.6 is 0 Å². The summed E-state index contributed by atoms with van der Waals surface area (Å²) in [6.07, 6.45) is 2.12. The number of likely N-dealkylation sites (N-methyl/N-ethyl adjacent to an activating group) is 1. The van der Waals surface area contributed by atoms with Crippen LogP contribution in [0, 0.1) is 0 Å². The lowest BCUT2D eigenvalue weighted by atomic mass is 10.1. The van der Waals surface area contributed by atoms with Gasteiger partial charge >= 0.3 is 0 Å². The summed E-state index contributed by atoms with van der Waals surface area (Å²) < 4.78 is 16.4. The molecule has 2 N–H and O–H groups in total. The van der Waals surface area contributed by atoms with Crippen LogP contribution in [0.4, 0.5) is 0 Å². The van der Waals surface area contributed by atoms with Crippen LogP contribution in [0.5, 0.6) is 11.5 Å². The second kappa shape index (κ2) is 12.8. The van der Waals surface area contributed by atoms with E-state index in [0.29, 0.717) is 30.5 Å². The smallest absolute Gasteiger partial charge is 0.251 e. The highest BCUT2D eigenvalue weighted by Gasteiger charge is 2.18. The lowest BCUT2D eigenvalue weighted by Gasteiger charge is -2.31. The Hall–Kier alpha value is -3.10. The van der Waals surface area contributed by atoms with Gasteiger partial charge in [0.25, 0.3) is 5.91 Å². The van der Waals surface area contributed by atoms with Crippen LogP contribution in [-0.4, -0.2) is 69.8 Å². The van der Waals surface area contributed by atoms with Gasteiger partial charge in [0, 0.05) is 37.9 Å². The molecule has 8 heteroatoms. The van der Waals surface area contributed by atoms with Gasteiger partial charge < -0.3 is 24.8 Å². The first-order valence-corrected chi connectivity index (χ1v) is 11.2. The SMILES string of the molecule is COc1ccc(C(=O)NCC(=O)NCc2cccc(OCCN(C)C3CCOCC3)c2)cc1. The Kier molecular flexibility index (Phi) is 9.53. The van der Waals surface area contributed by atoms with E-state index in [-0.39, 0.29) is 18.4 Å². The molecule has 1 aliphatic rings. The lowest BCUT2D eigenvalue weighted by Crippen LogP contribution is -2.38. The molecule has 1 heterocycles. The van der Waals surface area contributed by atoms with Crippen molar-refractivity contribution in [2.24, 2.45) is 0 Å². The normalized spacial score (nSPS) is 14.0. The van der Waals surface area contributed by atoms with Crippen molar-refractivity contribution in [3.8, 4) is 11.5 Å². The summed E-state index contributed by atoms with van der Waals surface area (Å²) >= 11 is 0. The van der Waals surface area contributed by atoms with Gasteiger partial charge in [0.2, 0.25) is 5.91 Å². The second-order valence-corrected chi connectivity index (χ2v) is 8.01. The van der Waals surface area contributed by atoms with Gasteiger partial charge in [-0.25, -0.2) is 0 Å². The van der Waals surface area contributed by atoms with E-state index in [1.54, 1.807) is 31.4 Å². The molecule has 2 aromatic rings. The minimum Gasteiger partial charge on any atom is -0.497 e. The molecule has 0 unspecified atom stereocenters. The van der Waals surface area contributed by atoms with Crippen molar-refractivity contribution in [1.82, 2.24) is 15.5 Å². The first kappa shape index (κ1) is 24.5. The summed E-state index contributed by atoms with van der Waals surface area (Å²) in [7, 11) is 3.69. The Labute approximate surface area is 195 Å². The molecule has 0 radical (unpaired) electrons. The summed E-state index contributed by atoms with van der Waals surface area (Å²) in [6, 6.07) is 14.9. The number of nitrogens with one attached hydrogen (secondary N) is 2. The number of nitrogens with zero attached hydrogens (tertiary/aromatic N) is 1. The van der Waals surface area contributed by atoms with E-state index >= 15 is 0 Å². The van der Waals surface area contributed by atoms with Crippen LogP contribution < -0.4 is 20.1 Å². The lowest BCUT2D eigenvalue weighted by molar-refractivity contribution is -0.120. The first-order chi connectivity index (χ1) is 16.0. The minimum atomic E-state index is -0.311. The van der Waals surface area contributed by atoms with Crippen molar-refractivity contribution >= 4 is 11.8 Å². The molecule has 3 rings (SSSR count). The van der Waals surface area contributed by atoms with E-state index in [0.717, 1.165) is 43.9 Å². The number of hydrogen-bond acceptors (Lipinski definition) is 6. The predicted molar refractivity (Wildman–Crippen MR) is 126 cm³/mol. The maximum atomic E-state index is 12.2. The van der Waals surface area contributed by atoms with E-state index in [4.69, 9.17) is 14.2 Å². The van der Waals surface area contributed by atoms with Gasteiger partial charge in [-0.15, -0.1) is 0 Å². The maximum Gasteiger partial charge on any atom is 0.251 e. The fourth-order valence-electron chi connectivity index (χ4n) is 3.63. The Morgan fingerprint density at radius 1 is 1.06 bits per heavy atom. The van der Waals surface area contributed by atoms with Crippen molar-refractivity contribution in [3.63, 3.8) is 0 Å². The van der Waals surface area contributed by atoms with Crippen LogP contribution in [-0.2, 0) is 16.1 Å². The number of carbonyl (C=O) groups excluding carboxylic acids is 2. The minimum absolute atomic E-state index is 0.0976. The molecule has 1 aliphatic heterocycles. The summed E-state index contributed by atoms with van der Waals surface area (Å²) in [5.74, 6) is 0.868. The predicted octanol–water partition coefficient (Wildman–Crippen LogP) is 2.23. The molecule has 2 amide bonds. The summed E-state index contributed by atoms with van der Waals surface area (Å²) in [4.78, 5) is 26.6. The van der Waals surface area contributed by atoms with E-state index in [2.05, 4.69) is 22.6 Å². The number of benzene rings is 2. The van der Waals surface area contributed by atoms with Gasteiger partial charge in [0.1, 0.15) is 18.1 Å². The average molecular weight is 456 g/mol. The first-order valence-electron chi connectivity index (χ1n) is 11.2. The Bertz CT molecular complexity index is 897. The molecule has 0 spiro atoms. The molecule has 0 saturated carbocycles. The van der Waals surface area contributed by atoms with Crippen LogP contribution in [0.3, 0.4) is 0 Å². The molecule has 0 atom stereocenters. The summed E-state index contributed by atoms with van der Waals surface area (Å²) in [5, 5.41) is 5.44. The highest BCUT2D eigenvalue weighted by molar-refractivity contribution is 5.96. The molecule has 2 aromatic carbocycles. The summed E-state index contributed by atoms with van der Waals surface area (Å²) in [6.45, 7) is 3.36. The van der Waals surface area contributed by atoms with E-state index in [9.17, 15) is 9.59 Å². The molecular weight excluding hydrogens is 422 g/mol. The van der Waals surface area contributed by atoms with E-state index in [1.165, 1.54) is 0 Å². The number of methoxy groups -OCH3 is 1. The Balaban J connectivity index is 1.36. The quantitative estimate of drug-likeness (QED) is 0.540. The van der Waals surface area contributed by atoms with Crippen molar-refractivity contribution in [3.05, 3.63) is 59.7 Å². The zero-order chi connectivity index (χ0) is 23.5. The Morgan fingerprint density at radius 3 is 2.55 bits per heavy atom. The zero-order valence-electron chi connectivity index (χ0n) is 19.3. The van der Waals surface area contributed by atoms with Gasteiger partial charge in [0.15, 0.2) is 0 Å². The Morgan fingerprint density at radius 2 is 1.82 bits per heavy atom. The molecule has 178 valence electrons. The van der Waals surface area contributed by atoms with Crippen LogP contribution in [0.2, 0.25) is 0 Å². The molecule has 8 nitrogen and oxygen atoms in total. The fourth-order valence-corrected chi connectivity index (χ4v) is 3.63. The number of rotatable bonds is 11. The molecule has 1 saturated heterocycles. The van der Waals surface area contributed by atoms with Gasteiger partial charge in [-0.2, -0.15) is 0 Å². The highest BCUT2D eigenvalue weighted by atomic mass is 16.5.